The number of hydrogen-bond acceptors (Lipinski definition) is 3. The van der Waals surface area contributed by atoms with Crippen LogP contribution in [0.3, 0.4) is 0 Å². The van der Waals surface area contributed by atoms with Crippen molar-refractivity contribution < 1.29 is 0 Å². The van der Waals surface area contributed by atoms with E-state index in [0.717, 1.165) is 72.0 Å². The van der Waals surface area contributed by atoms with Gasteiger partial charge < -0.3 is 9.97 Å². The SMILES string of the molecule is C1=Cc2nc1cc1ccc([nH]1)c(-c1ccccc1)c1nc(c(Sc3cccc4ccccc34)c3ccc([nH]3)c2-c2ccccc2)C=C1. The van der Waals surface area contributed by atoms with E-state index in [1.54, 1.807) is 11.8 Å². The summed E-state index contributed by atoms with van der Waals surface area (Å²) in [6.45, 7) is 0. The molecule has 8 bridgehead atoms. The van der Waals surface area contributed by atoms with Gasteiger partial charge in [-0.25, -0.2) is 9.97 Å². The van der Waals surface area contributed by atoms with Gasteiger partial charge in [0.25, 0.3) is 0 Å². The first kappa shape index (κ1) is 27.4. The highest BCUT2D eigenvalue weighted by molar-refractivity contribution is 7.99. The number of aromatic nitrogens is 4. The highest BCUT2D eigenvalue weighted by Gasteiger charge is 2.17. The van der Waals surface area contributed by atoms with Crippen LogP contribution in [-0.4, -0.2) is 19.9 Å². The molecule has 5 heterocycles. The molecular formula is C42H28N4S. The van der Waals surface area contributed by atoms with E-state index in [4.69, 9.17) is 9.97 Å². The van der Waals surface area contributed by atoms with Gasteiger partial charge in [0, 0.05) is 32.6 Å². The second-order valence-corrected chi connectivity index (χ2v) is 12.7. The number of aromatic amines is 2. The number of fused-ring (bicyclic) bond motifs is 9. The van der Waals surface area contributed by atoms with E-state index < -0.39 is 0 Å². The Bertz CT molecular complexity index is 2500. The van der Waals surface area contributed by atoms with E-state index >= 15 is 0 Å². The predicted octanol–water partition coefficient (Wildman–Crippen LogP) is 11.3. The highest BCUT2D eigenvalue weighted by atomic mass is 32.2. The number of rotatable bonds is 4. The van der Waals surface area contributed by atoms with Crippen LogP contribution in [0.4, 0.5) is 0 Å². The molecule has 4 aromatic carbocycles. The van der Waals surface area contributed by atoms with Gasteiger partial charge >= 0.3 is 0 Å². The third kappa shape index (κ3) is 5.07. The van der Waals surface area contributed by atoms with Gasteiger partial charge in [0.1, 0.15) is 0 Å². The van der Waals surface area contributed by atoms with Crippen molar-refractivity contribution in [3.8, 4) is 22.3 Å². The topological polar surface area (TPSA) is 57.4 Å². The third-order valence-corrected chi connectivity index (χ3v) is 9.82. The molecule has 2 N–H and O–H groups in total. The second-order valence-electron chi connectivity index (χ2n) is 11.6. The molecule has 0 aliphatic carbocycles. The fraction of sp³-hybridized carbons (Fsp3) is 0. The molecule has 9 rings (SSSR count). The fourth-order valence-electron chi connectivity index (χ4n) is 6.43. The van der Waals surface area contributed by atoms with Gasteiger partial charge in [0.05, 0.1) is 33.2 Å². The van der Waals surface area contributed by atoms with Gasteiger partial charge in [-0.05, 0) is 82.6 Å². The summed E-state index contributed by atoms with van der Waals surface area (Å²) in [7, 11) is 0. The predicted molar refractivity (Wildman–Crippen MR) is 198 cm³/mol. The largest absolute Gasteiger partial charge is 0.355 e. The maximum Gasteiger partial charge on any atom is 0.0798 e. The van der Waals surface area contributed by atoms with Crippen molar-refractivity contribution in [1.82, 2.24) is 19.9 Å². The number of nitrogens with zero attached hydrogens (tertiary/aromatic N) is 2. The number of benzene rings is 4. The summed E-state index contributed by atoms with van der Waals surface area (Å²) < 4.78 is 0. The zero-order valence-corrected chi connectivity index (χ0v) is 26.1. The van der Waals surface area contributed by atoms with E-state index in [0.29, 0.717) is 0 Å². The van der Waals surface area contributed by atoms with Gasteiger partial charge in [0.15, 0.2) is 0 Å². The molecule has 0 atom stereocenters. The zero-order valence-electron chi connectivity index (χ0n) is 25.3. The van der Waals surface area contributed by atoms with E-state index in [9.17, 15) is 0 Å². The molecule has 4 nitrogen and oxygen atoms in total. The smallest absolute Gasteiger partial charge is 0.0798 e. The molecule has 0 unspecified atom stereocenters. The fourth-order valence-corrected chi connectivity index (χ4v) is 7.54. The Morgan fingerprint density at radius 2 is 1.09 bits per heavy atom. The van der Waals surface area contributed by atoms with Crippen LogP contribution in [0.5, 0.6) is 0 Å². The van der Waals surface area contributed by atoms with Crippen LogP contribution in [0, 0.1) is 0 Å². The number of H-pyrrole nitrogens is 2. The summed E-state index contributed by atoms with van der Waals surface area (Å²) in [5.41, 5.74) is 12.0. The highest BCUT2D eigenvalue weighted by Crippen LogP contribution is 2.40. The Labute approximate surface area is 276 Å². The molecule has 222 valence electrons. The second kappa shape index (κ2) is 11.5. The van der Waals surface area contributed by atoms with Crippen molar-refractivity contribution in [3.05, 3.63) is 156 Å². The first-order chi connectivity index (χ1) is 23.3. The Kier molecular flexibility index (Phi) is 6.69. The molecule has 0 fully saturated rings. The van der Waals surface area contributed by atoms with Crippen molar-refractivity contribution >= 4 is 68.9 Å². The summed E-state index contributed by atoms with van der Waals surface area (Å²) >= 11 is 1.75. The number of hydrogen-bond donors (Lipinski definition) is 2. The summed E-state index contributed by atoms with van der Waals surface area (Å²) in [4.78, 5) is 20.2. The molecule has 3 aromatic heterocycles. The molecule has 0 saturated carbocycles. The van der Waals surface area contributed by atoms with Crippen molar-refractivity contribution in [2.24, 2.45) is 0 Å². The maximum absolute atomic E-state index is 5.35. The minimum atomic E-state index is 0.898. The monoisotopic (exact) mass is 620 g/mol. The molecular weight excluding hydrogens is 593 g/mol. The van der Waals surface area contributed by atoms with E-state index in [1.165, 1.54) is 15.7 Å². The maximum atomic E-state index is 5.35. The first-order valence-corrected chi connectivity index (χ1v) is 16.5. The lowest BCUT2D eigenvalue weighted by molar-refractivity contribution is 1.25. The minimum Gasteiger partial charge on any atom is -0.355 e. The minimum absolute atomic E-state index is 0.898. The number of nitrogens with one attached hydrogen (secondary N) is 2. The average Bonchev–Trinajstić information content (AvgIpc) is 3.95. The van der Waals surface area contributed by atoms with Crippen molar-refractivity contribution in [1.29, 1.82) is 0 Å². The average molecular weight is 621 g/mol. The van der Waals surface area contributed by atoms with Crippen LogP contribution in [0.2, 0.25) is 0 Å². The molecule has 5 heteroatoms. The molecule has 0 spiro atoms. The van der Waals surface area contributed by atoms with Crippen molar-refractivity contribution in [2.75, 3.05) is 0 Å². The van der Waals surface area contributed by atoms with Gasteiger partial charge in [0.2, 0.25) is 0 Å². The lowest BCUT2D eigenvalue weighted by Gasteiger charge is -2.08. The summed E-state index contributed by atoms with van der Waals surface area (Å²) in [5, 5.41) is 2.43. The van der Waals surface area contributed by atoms with Crippen LogP contribution in [-0.2, 0) is 0 Å². The Hall–Kier alpha value is -5.91. The Balaban J connectivity index is 1.40. The molecule has 0 saturated heterocycles. The first-order valence-electron chi connectivity index (χ1n) is 15.7. The van der Waals surface area contributed by atoms with Gasteiger partial charge in [-0.2, -0.15) is 0 Å². The lowest BCUT2D eigenvalue weighted by Crippen LogP contribution is -1.87. The third-order valence-electron chi connectivity index (χ3n) is 8.61. The molecule has 47 heavy (non-hydrogen) atoms. The van der Waals surface area contributed by atoms with Crippen LogP contribution < -0.4 is 0 Å². The van der Waals surface area contributed by atoms with Crippen LogP contribution in [0.25, 0.3) is 79.4 Å². The van der Waals surface area contributed by atoms with Gasteiger partial charge in [-0.3, -0.25) is 0 Å². The molecule has 0 amide bonds. The van der Waals surface area contributed by atoms with Crippen LogP contribution >= 0.6 is 11.8 Å². The summed E-state index contributed by atoms with van der Waals surface area (Å²) in [6.07, 6.45) is 8.48. The van der Waals surface area contributed by atoms with E-state index in [-0.39, 0.29) is 0 Å². The van der Waals surface area contributed by atoms with E-state index in [1.807, 2.05) is 12.1 Å². The lowest BCUT2D eigenvalue weighted by atomic mass is 10.0. The van der Waals surface area contributed by atoms with Crippen LogP contribution in [0.15, 0.2) is 143 Å². The van der Waals surface area contributed by atoms with Gasteiger partial charge in [-0.1, -0.05) is 109 Å². The quantitative estimate of drug-likeness (QED) is 0.206. The summed E-state index contributed by atoms with van der Waals surface area (Å²) in [5.74, 6) is 0. The molecule has 7 aromatic rings. The van der Waals surface area contributed by atoms with Crippen molar-refractivity contribution in [2.45, 2.75) is 9.79 Å². The molecule has 2 aliphatic rings. The Morgan fingerprint density at radius 1 is 0.468 bits per heavy atom. The Morgan fingerprint density at radius 3 is 1.89 bits per heavy atom. The van der Waals surface area contributed by atoms with E-state index in [2.05, 4.69) is 156 Å². The normalized spacial score (nSPS) is 12.2. The van der Waals surface area contributed by atoms with Crippen molar-refractivity contribution in [3.63, 3.8) is 0 Å². The van der Waals surface area contributed by atoms with Crippen LogP contribution in [0.1, 0.15) is 22.8 Å². The summed E-state index contributed by atoms with van der Waals surface area (Å²) in [6, 6.07) is 46.7. The van der Waals surface area contributed by atoms with Gasteiger partial charge in [-0.15, -0.1) is 0 Å². The molecule has 2 aliphatic heterocycles. The standard InChI is InChI=1S/C42H28N4S/c1-3-11-28(12-4-1)40-33-20-18-30(43-33)26-31-19-21-34(44-31)41(29-13-5-2-6-14-29)36-23-25-38(46-36)42(37-24-22-35(40)45-37)47-39-17-9-15-27-10-7-8-16-32(27)39/h1-26,43,46H. The zero-order chi connectivity index (χ0) is 31.2. The molecule has 0 radical (unpaired) electrons.